The van der Waals surface area contributed by atoms with Gasteiger partial charge in [-0.05, 0) is 43.5 Å². The van der Waals surface area contributed by atoms with Crippen molar-refractivity contribution in [2.75, 3.05) is 20.8 Å². The third kappa shape index (κ3) is 4.05. The van der Waals surface area contributed by atoms with Crippen molar-refractivity contribution in [3.05, 3.63) is 75.2 Å². The fourth-order valence-electron chi connectivity index (χ4n) is 4.06. The van der Waals surface area contributed by atoms with Crippen LogP contribution in [0.1, 0.15) is 50.4 Å². The van der Waals surface area contributed by atoms with Crippen LogP contribution in [0.3, 0.4) is 0 Å². The molecule has 0 bridgehead atoms. The third-order valence-corrected chi connectivity index (χ3v) is 6.69. The smallest absolute Gasteiger partial charge is 0.266 e. The van der Waals surface area contributed by atoms with Gasteiger partial charge in [0.05, 0.1) is 31.0 Å². The number of carbonyl (C=O) groups excluding carboxylic acids is 1. The second-order valence-corrected chi connectivity index (χ2v) is 8.53. The van der Waals surface area contributed by atoms with E-state index >= 15 is 0 Å². The highest BCUT2D eigenvalue weighted by Crippen LogP contribution is 2.40. The van der Waals surface area contributed by atoms with Crippen molar-refractivity contribution < 1.29 is 14.3 Å². The number of rotatable bonds is 6. The summed E-state index contributed by atoms with van der Waals surface area (Å²) in [6.45, 7) is 2.66. The fraction of sp³-hybridized carbons (Fsp3) is 0.333. The van der Waals surface area contributed by atoms with Crippen LogP contribution in [0.2, 0.25) is 0 Å². The second kappa shape index (κ2) is 8.88. The topological polar surface area (TPSA) is 51.7 Å². The Hall–Kier alpha value is -2.86. The highest BCUT2D eigenvalue weighted by Gasteiger charge is 2.34. The lowest BCUT2D eigenvalue weighted by molar-refractivity contribution is 0.0738. The molecule has 1 atom stereocenters. The van der Waals surface area contributed by atoms with Crippen molar-refractivity contribution in [3.8, 4) is 11.5 Å². The number of ether oxygens (including phenoxy) is 2. The van der Waals surface area contributed by atoms with E-state index in [2.05, 4.69) is 17.1 Å². The van der Waals surface area contributed by atoms with Crippen LogP contribution in [-0.4, -0.2) is 36.6 Å². The Morgan fingerprint density at radius 3 is 2.70 bits per heavy atom. The molecule has 0 radical (unpaired) electrons. The lowest BCUT2D eigenvalue weighted by atomic mass is 10.0. The number of amides is 1. The molecule has 1 aliphatic heterocycles. The standard InChI is InChI=1S/C24H26N2O3S/c1-16-23(30-22(25-16)14-17-8-5-4-6-9-17)24(27)26-13-7-10-20(26)19-15-18(28-2)11-12-21(19)29-3/h4-6,8-9,11-12,15,20H,7,10,13-14H2,1-3H3. The Balaban J connectivity index is 1.60. The van der Waals surface area contributed by atoms with Gasteiger partial charge in [0.1, 0.15) is 16.4 Å². The number of likely N-dealkylation sites (tertiary alicyclic amines) is 1. The Labute approximate surface area is 181 Å². The van der Waals surface area contributed by atoms with E-state index in [-0.39, 0.29) is 11.9 Å². The molecular weight excluding hydrogens is 396 g/mol. The fourth-order valence-corrected chi connectivity index (χ4v) is 5.12. The number of hydrogen-bond acceptors (Lipinski definition) is 5. The van der Waals surface area contributed by atoms with Crippen LogP contribution in [-0.2, 0) is 6.42 Å². The van der Waals surface area contributed by atoms with Gasteiger partial charge in [-0.2, -0.15) is 0 Å². The van der Waals surface area contributed by atoms with Crippen molar-refractivity contribution in [2.24, 2.45) is 0 Å². The summed E-state index contributed by atoms with van der Waals surface area (Å²) in [6, 6.07) is 16.0. The maximum atomic E-state index is 13.5. The number of hydrogen-bond donors (Lipinski definition) is 0. The molecule has 0 N–H and O–H groups in total. The van der Waals surface area contributed by atoms with Gasteiger partial charge >= 0.3 is 0 Å². The molecule has 5 nitrogen and oxygen atoms in total. The zero-order chi connectivity index (χ0) is 21.1. The molecule has 1 aromatic heterocycles. The number of nitrogens with zero attached hydrogens (tertiary/aromatic N) is 2. The van der Waals surface area contributed by atoms with E-state index in [4.69, 9.17) is 9.47 Å². The minimum atomic E-state index is -0.0263. The molecule has 0 aliphatic carbocycles. The van der Waals surface area contributed by atoms with Crippen LogP contribution in [0.25, 0.3) is 0 Å². The molecule has 4 rings (SSSR count). The van der Waals surface area contributed by atoms with Gasteiger partial charge in [0, 0.05) is 18.5 Å². The van der Waals surface area contributed by atoms with E-state index in [0.29, 0.717) is 0 Å². The zero-order valence-electron chi connectivity index (χ0n) is 17.6. The molecule has 30 heavy (non-hydrogen) atoms. The van der Waals surface area contributed by atoms with Crippen molar-refractivity contribution in [1.82, 2.24) is 9.88 Å². The van der Waals surface area contributed by atoms with Gasteiger partial charge in [-0.15, -0.1) is 11.3 Å². The van der Waals surface area contributed by atoms with E-state index in [1.165, 1.54) is 16.9 Å². The largest absolute Gasteiger partial charge is 0.497 e. The first-order valence-corrected chi connectivity index (χ1v) is 11.0. The van der Waals surface area contributed by atoms with E-state index in [1.807, 2.05) is 48.2 Å². The van der Waals surface area contributed by atoms with Gasteiger partial charge in [-0.1, -0.05) is 30.3 Å². The van der Waals surface area contributed by atoms with E-state index in [9.17, 15) is 4.79 Å². The van der Waals surface area contributed by atoms with Gasteiger partial charge in [-0.3, -0.25) is 4.79 Å². The van der Waals surface area contributed by atoms with Gasteiger partial charge in [0.25, 0.3) is 5.91 Å². The van der Waals surface area contributed by atoms with Crippen LogP contribution >= 0.6 is 11.3 Å². The Kier molecular flexibility index (Phi) is 6.04. The quantitative estimate of drug-likeness (QED) is 0.559. The van der Waals surface area contributed by atoms with Crippen molar-refractivity contribution in [1.29, 1.82) is 0 Å². The predicted octanol–water partition coefficient (Wildman–Crippen LogP) is 5.04. The summed E-state index contributed by atoms with van der Waals surface area (Å²) >= 11 is 1.51. The number of benzene rings is 2. The Morgan fingerprint density at radius 1 is 1.17 bits per heavy atom. The maximum Gasteiger partial charge on any atom is 0.266 e. The summed E-state index contributed by atoms with van der Waals surface area (Å²) in [6.07, 6.45) is 2.61. The summed E-state index contributed by atoms with van der Waals surface area (Å²) < 4.78 is 11.0. The summed E-state index contributed by atoms with van der Waals surface area (Å²) in [4.78, 5) is 20.9. The van der Waals surface area contributed by atoms with Crippen LogP contribution in [0.15, 0.2) is 48.5 Å². The molecule has 3 aromatic rings. The molecule has 0 saturated carbocycles. The second-order valence-electron chi connectivity index (χ2n) is 7.45. The first-order chi connectivity index (χ1) is 14.6. The lowest BCUT2D eigenvalue weighted by Crippen LogP contribution is -2.30. The van der Waals surface area contributed by atoms with Crippen molar-refractivity contribution >= 4 is 17.2 Å². The minimum absolute atomic E-state index is 0.0263. The van der Waals surface area contributed by atoms with Crippen LogP contribution in [0.4, 0.5) is 0 Å². The molecule has 156 valence electrons. The normalized spacial score (nSPS) is 16.0. The maximum absolute atomic E-state index is 13.5. The lowest BCUT2D eigenvalue weighted by Gasteiger charge is -2.26. The molecule has 1 saturated heterocycles. The molecule has 1 unspecified atom stereocenters. The monoisotopic (exact) mass is 422 g/mol. The van der Waals surface area contributed by atoms with Gasteiger partial charge in [0.15, 0.2) is 0 Å². The molecule has 1 aliphatic rings. The SMILES string of the molecule is COc1ccc(OC)c(C2CCCN2C(=O)c2sc(Cc3ccccc3)nc2C)c1. The van der Waals surface area contributed by atoms with E-state index in [1.54, 1.807) is 14.2 Å². The molecule has 0 spiro atoms. The number of carbonyl (C=O) groups is 1. The average molecular weight is 423 g/mol. The molecule has 6 heteroatoms. The average Bonchev–Trinajstić information content (AvgIpc) is 3.40. The van der Waals surface area contributed by atoms with E-state index in [0.717, 1.165) is 58.4 Å². The number of methoxy groups -OCH3 is 2. The Bertz CT molecular complexity index is 1030. The van der Waals surface area contributed by atoms with Gasteiger partial charge in [-0.25, -0.2) is 4.98 Å². The summed E-state index contributed by atoms with van der Waals surface area (Å²) in [5.74, 6) is 1.60. The van der Waals surface area contributed by atoms with Crippen LogP contribution < -0.4 is 9.47 Å². The summed E-state index contributed by atoms with van der Waals surface area (Å²) in [7, 11) is 3.31. The summed E-state index contributed by atoms with van der Waals surface area (Å²) in [5, 5.41) is 0.969. The van der Waals surface area contributed by atoms with Crippen molar-refractivity contribution in [3.63, 3.8) is 0 Å². The minimum Gasteiger partial charge on any atom is -0.497 e. The highest BCUT2D eigenvalue weighted by molar-refractivity contribution is 7.13. The molecule has 2 heterocycles. The third-order valence-electron chi connectivity index (χ3n) is 5.54. The van der Waals surface area contributed by atoms with Gasteiger partial charge in [0.2, 0.25) is 0 Å². The van der Waals surface area contributed by atoms with Gasteiger partial charge < -0.3 is 14.4 Å². The number of aryl methyl sites for hydroxylation is 1. The first kappa shape index (κ1) is 20.4. The zero-order valence-corrected chi connectivity index (χ0v) is 18.4. The number of thiazole rings is 1. The molecule has 1 amide bonds. The predicted molar refractivity (Wildman–Crippen MR) is 119 cm³/mol. The highest BCUT2D eigenvalue weighted by atomic mass is 32.1. The molecule has 2 aromatic carbocycles. The number of aromatic nitrogens is 1. The summed E-state index contributed by atoms with van der Waals surface area (Å²) in [5.41, 5.74) is 3.00. The van der Waals surface area contributed by atoms with E-state index < -0.39 is 0 Å². The van der Waals surface area contributed by atoms with Crippen LogP contribution in [0.5, 0.6) is 11.5 Å². The first-order valence-electron chi connectivity index (χ1n) is 10.1. The van der Waals surface area contributed by atoms with Crippen molar-refractivity contribution in [2.45, 2.75) is 32.2 Å². The Morgan fingerprint density at radius 2 is 1.97 bits per heavy atom. The molecule has 1 fully saturated rings. The molecular formula is C24H26N2O3S. The van der Waals surface area contributed by atoms with Crippen LogP contribution in [0, 0.1) is 6.92 Å².